The molecule has 11 heteroatoms. The predicted octanol–water partition coefficient (Wildman–Crippen LogP) is 4.28. The number of carbonyl (C=O) groups excluding carboxylic acids is 5. The summed E-state index contributed by atoms with van der Waals surface area (Å²) in [6.45, 7) is 9.32. The molecule has 0 radical (unpaired) electrons. The van der Waals surface area contributed by atoms with Gasteiger partial charge in [0.05, 0.1) is 6.42 Å². The molecule has 0 unspecified atom stereocenters. The van der Waals surface area contributed by atoms with Gasteiger partial charge in [0.15, 0.2) is 0 Å². The molecule has 1 aliphatic rings. The van der Waals surface area contributed by atoms with Crippen LogP contribution in [0.15, 0.2) is 60.7 Å². The number of hydrogen-bond acceptors (Lipinski definition) is 8. The Morgan fingerprint density at radius 2 is 1.42 bits per heavy atom. The molecule has 2 aromatic carbocycles. The Labute approximate surface area is 265 Å². The van der Waals surface area contributed by atoms with Gasteiger partial charge in [0.2, 0.25) is 11.8 Å². The highest BCUT2D eigenvalue weighted by molar-refractivity contribution is 5.95. The lowest BCUT2D eigenvalue weighted by atomic mass is 10.0. The fourth-order valence-corrected chi connectivity index (χ4v) is 4.81. The van der Waals surface area contributed by atoms with Crippen molar-refractivity contribution in [3.63, 3.8) is 0 Å². The van der Waals surface area contributed by atoms with E-state index in [-0.39, 0.29) is 25.6 Å². The molecule has 244 valence electrons. The van der Waals surface area contributed by atoms with Gasteiger partial charge in [0.1, 0.15) is 36.9 Å². The van der Waals surface area contributed by atoms with Gasteiger partial charge in [0, 0.05) is 6.54 Å². The van der Waals surface area contributed by atoms with Crippen LogP contribution in [0.3, 0.4) is 0 Å². The van der Waals surface area contributed by atoms with Crippen molar-refractivity contribution >= 4 is 29.8 Å². The van der Waals surface area contributed by atoms with E-state index in [1.54, 1.807) is 32.9 Å². The monoisotopic (exact) mass is 623 g/mol. The minimum Gasteiger partial charge on any atom is -0.461 e. The number of amides is 3. The normalized spacial score (nSPS) is 16.0. The largest absolute Gasteiger partial charge is 0.461 e. The zero-order valence-corrected chi connectivity index (χ0v) is 26.7. The number of likely N-dealkylation sites (tertiary alicyclic amines) is 1. The van der Waals surface area contributed by atoms with Crippen LogP contribution in [0.2, 0.25) is 0 Å². The van der Waals surface area contributed by atoms with Gasteiger partial charge in [-0.3, -0.25) is 19.3 Å². The van der Waals surface area contributed by atoms with Crippen molar-refractivity contribution in [2.24, 2.45) is 5.92 Å². The predicted molar refractivity (Wildman–Crippen MR) is 166 cm³/mol. The number of rotatable bonds is 13. The Morgan fingerprint density at radius 1 is 0.844 bits per heavy atom. The summed E-state index contributed by atoms with van der Waals surface area (Å²) in [6.07, 6.45) is 0.0721. The molecular weight excluding hydrogens is 578 g/mol. The summed E-state index contributed by atoms with van der Waals surface area (Å²) in [5, 5.41) is 5.32. The molecule has 3 atom stereocenters. The molecule has 1 saturated heterocycles. The molecule has 3 rings (SSSR count). The van der Waals surface area contributed by atoms with Crippen molar-refractivity contribution in [3.05, 3.63) is 71.8 Å². The van der Waals surface area contributed by atoms with Crippen molar-refractivity contribution in [1.29, 1.82) is 0 Å². The van der Waals surface area contributed by atoms with Crippen LogP contribution in [0.4, 0.5) is 4.79 Å². The first-order valence-corrected chi connectivity index (χ1v) is 15.3. The van der Waals surface area contributed by atoms with Crippen LogP contribution in [0, 0.1) is 5.92 Å². The molecule has 1 fully saturated rings. The lowest BCUT2D eigenvalue weighted by molar-refractivity contribution is -0.150. The van der Waals surface area contributed by atoms with Crippen LogP contribution in [-0.4, -0.2) is 65.0 Å². The van der Waals surface area contributed by atoms with Crippen molar-refractivity contribution in [1.82, 2.24) is 15.5 Å². The fraction of sp³-hybridized carbons (Fsp3) is 0.500. The number of ether oxygens (including phenoxy) is 3. The molecule has 45 heavy (non-hydrogen) atoms. The second kappa shape index (κ2) is 16.6. The van der Waals surface area contributed by atoms with Crippen LogP contribution >= 0.6 is 0 Å². The Bertz CT molecular complexity index is 1290. The van der Waals surface area contributed by atoms with Gasteiger partial charge in [-0.25, -0.2) is 9.59 Å². The van der Waals surface area contributed by atoms with E-state index in [2.05, 4.69) is 10.6 Å². The molecule has 1 heterocycles. The molecule has 0 aliphatic carbocycles. The lowest BCUT2D eigenvalue weighted by Crippen LogP contribution is -2.56. The Kier molecular flexibility index (Phi) is 12.9. The van der Waals surface area contributed by atoms with Crippen LogP contribution in [0.1, 0.15) is 71.4 Å². The summed E-state index contributed by atoms with van der Waals surface area (Å²) in [5.74, 6) is -2.69. The van der Waals surface area contributed by atoms with Crippen LogP contribution in [0.5, 0.6) is 0 Å². The van der Waals surface area contributed by atoms with E-state index >= 15 is 0 Å². The smallest absolute Gasteiger partial charge is 0.410 e. The molecule has 2 N–H and O–H groups in total. The number of nitrogens with one attached hydrogen (secondary N) is 2. The van der Waals surface area contributed by atoms with Gasteiger partial charge in [-0.15, -0.1) is 0 Å². The highest BCUT2D eigenvalue weighted by Crippen LogP contribution is 2.21. The summed E-state index contributed by atoms with van der Waals surface area (Å²) in [6, 6.07) is 14.9. The number of carbonyl (C=O) groups is 5. The van der Waals surface area contributed by atoms with Crippen molar-refractivity contribution in [2.75, 3.05) is 6.54 Å². The van der Waals surface area contributed by atoms with E-state index in [9.17, 15) is 24.0 Å². The zero-order chi connectivity index (χ0) is 33.0. The molecule has 0 bridgehead atoms. The maximum absolute atomic E-state index is 13.6. The standard InChI is InChI=1S/C34H45N3O8/c1-23(2)19-27(32(41)44-22-25-15-10-7-11-16-25)36-30(39)26(20-29(38)43-21-24-13-8-6-9-14-24)35-31(40)28-17-12-18-37(28)33(42)45-34(3,4)5/h6-11,13-16,23,26-28H,12,17-22H2,1-5H3,(H,35,40)(H,36,39)/t26-,27-,28-/m0/s1. The summed E-state index contributed by atoms with van der Waals surface area (Å²) in [7, 11) is 0. The SMILES string of the molecule is CC(C)C[C@H](NC(=O)[C@H](CC(=O)OCc1ccccc1)NC(=O)[C@@H]1CCCN1C(=O)OC(C)(C)C)C(=O)OCc1ccccc1. The third-order valence-corrected chi connectivity index (χ3v) is 6.96. The van der Waals surface area contributed by atoms with Crippen LogP contribution in [0.25, 0.3) is 0 Å². The van der Waals surface area contributed by atoms with E-state index in [4.69, 9.17) is 14.2 Å². The maximum atomic E-state index is 13.6. The first kappa shape index (κ1) is 35.1. The maximum Gasteiger partial charge on any atom is 0.410 e. The zero-order valence-electron chi connectivity index (χ0n) is 26.7. The average molecular weight is 624 g/mol. The number of nitrogens with zero attached hydrogens (tertiary/aromatic N) is 1. The van der Waals surface area contributed by atoms with Gasteiger partial charge in [-0.1, -0.05) is 74.5 Å². The second-order valence-electron chi connectivity index (χ2n) is 12.5. The Morgan fingerprint density at radius 3 is 1.98 bits per heavy atom. The second-order valence-corrected chi connectivity index (χ2v) is 12.5. The molecule has 3 amide bonds. The quantitative estimate of drug-likeness (QED) is 0.249. The topological polar surface area (TPSA) is 140 Å². The van der Waals surface area contributed by atoms with E-state index in [0.717, 1.165) is 11.1 Å². The van der Waals surface area contributed by atoms with Gasteiger partial charge in [-0.2, -0.15) is 0 Å². The van der Waals surface area contributed by atoms with E-state index in [1.165, 1.54) is 4.90 Å². The summed E-state index contributed by atoms with van der Waals surface area (Å²) in [5.41, 5.74) is 0.789. The Balaban J connectivity index is 1.74. The summed E-state index contributed by atoms with van der Waals surface area (Å²) >= 11 is 0. The van der Waals surface area contributed by atoms with E-state index in [0.29, 0.717) is 19.4 Å². The molecule has 0 saturated carbocycles. The average Bonchev–Trinajstić information content (AvgIpc) is 3.49. The fourth-order valence-electron chi connectivity index (χ4n) is 4.81. The molecular formula is C34H45N3O8. The summed E-state index contributed by atoms with van der Waals surface area (Å²) < 4.78 is 16.3. The first-order chi connectivity index (χ1) is 21.3. The highest BCUT2D eigenvalue weighted by atomic mass is 16.6. The molecule has 11 nitrogen and oxygen atoms in total. The van der Waals surface area contributed by atoms with E-state index in [1.807, 2.05) is 62.4 Å². The summed E-state index contributed by atoms with van der Waals surface area (Å²) in [4.78, 5) is 67.2. The minimum absolute atomic E-state index is 0.0151. The number of benzene rings is 2. The van der Waals surface area contributed by atoms with Crippen LogP contribution in [-0.2, 0) is 46.6 Å². The highest BCUT2D eigenvalue weighted by Gasteiger charge is 2.39. The molecule has 1 aliphatic heterocycles. The van der Waals surface area contributed by atoms with Crippen molar-refractivity contribution < 1.29 is 38.2 Å². The van der Waals surface area contributed by atoms with Gasteiger partial charge in [0.25, 0.3) is 0 Å². The number of esters is 2. The third kappa shape index (κ3) is 11.9. The van der Waals surface area contributed by atoms with E-state index < -0.39 is 60.0 Å². The van der Waals surface area contributed by atoms with Gasteiger partial charge in [-0.05, 0) is 57.1 Å². The van der Waals surface area contributed by atoms with Crippen molar-refractivity contribution in [2.45, 2.75) is 97.2 Å². The minimum atomic E-state index is -1.38. The van der Waals surface area contributed by atoms with Gasteiger partial charge < -0.3 is 24.8 Å². The molecule has 2 aromatic rings. The van der Waals surface area contributed by atoms with Crippen molar-refractivity contribution in [3.8, 4) is 0 Å². The Hall–Kier alpha value is -4.41. The first-order valence-electron chi connectivity index (χ1n) is 15.3. The lowest BCUT2D eigenvalue weighted by Gasteiger charge is -2.29. The molecule has 0 aromatic heterocycles. The molecule has 0 spiro atoms. The third-order valence-electron chi connectivity index (χ3n) is 6.96. The van der Waals surface area contributed by atoms with Gasteiger partial charge >= 0.3 is 18.0 Å². The van der Waals surface area contributed by atoms with Crippen LogP contribution < -0.4 is 10.6 Å². The number of hydrogen-bond donors (Lipinski definition) is 2.